The number of sulfonamides is 1. The largest absolute Gasteiger partial charge is 0.419 e. The maximum absolute atomic E-state index is 13.5. The molecule has 0 fully saturated rings. The molecule has 0 aliphatic rings. The minimum absolute atomic E-state index is 0.0843. The summed E-state index contributed by atoms with van der Waals surface area (Å²) in [5.74, 6) is -1.15. The van der Waals surface area contributed by atoms with Crippen LogP contribution in [0.4, 0.5) is 23.2 Å². The lowest BCUT2D eigenvalue weighted by molar-refractivity contribution is -0.140. The minimum Gasteiger partial charge on any atom is -0.279 e. The van der Waals surface area contributed by atoms with Gasteiger partial charge >= 0.3 is 6.18 Å². The lowest BCUT2D eigenvalue weighted by Crippen LogP contribution is -2.22. The van der Waals surface area contributed by atoms with Gasteiger partial charge in [0.05, 0.1) is 32.7 Å². The van der Waals surface area contributed by atoms with Crippen molar-refractivity contribution in [2.45, 2.75) is 24.9 Å². The molecule has 34 heavy (non-hydrogen) atoms. The molecule has 176 valence electrons. The number of alkyl halides is 3. The zero-order valence-electron chi connectivity index (χ0n) is 17.8. The van der Waals surface area contributed by atoms with Gasteiger partial charge in [-0.1, -0.05) is 12.1 Å². The topological polar surface area (TPSA) is 81.1 Å². The minimum atomic E-state index is -5.05. The summed E-state index contributed by atoms with van der Waals surface area (Å²) in [5.41, 5.74) is -0.523. The number of nitrogens with one attached hydrogen (secondary N) is 1. The summed E-state index contributed by atoms with van der Waals surface area (Å²) in [6, 6.07) is 12.7. The molecule has 0 aliphatic carbocycles. The van der Waals surface area contributed by atoms with E-state index in [0.717, 1.165) is 6.07 Å². The maximum atomic E-state index is 13.5. The number of hydrogen-bond donors (Lipinski definition) is 1. The Balaban J connectivity index is 1.72. The predicted octanol–water partition coefficient (Wildman–Crippen LogP) is 4.96. The molecule has 0 aliphatic heterocycles. The molecule has 0 saturated heterocycles. The van der Waals surface area contributed by atoms with Crippen molar-refractivity contribution in [3.8, 4) is 5.69 Å². The number of fused-ring (bicyclic) bond motifs is 1. The summed E-state index contributed by atoms with van der Waals surface area (Å²) < 4.78 is 81.5. The standard InChI is InChI=1S/C23H17F4N3O3S/c1-13-11-15(30-14(2)28-21-6-4-3-5-17(21)22(30)31)7-10-20(13)29-34(32,33)16-8-9-19(24)18(12-16)23(25,26)27/h3-12,29H,1-2H3. The van der Waals surface area contributed by atoms with Crippen molar-refractivity contribution < 1.29 is 26.0 Å². The zero-order chi connectivity index (χ0) is 24.8. The third kappa shape index (κ3) is 4.26. The van der Waals surface area contributed by atoms with Crippen LogP contribution in [0.15, 0.2) is 70.4 Å². The molecule has 1 N–H and O–H groups in total. The average molecular weight is 491 g/mol. The first-order valence-electron chi connectivity index (χ1n) is 9.87. The van der Waals surface area contributed by atoms with E-state index in [9.17, 15) is 30.8 Å². The fourth-order valence-electron chi connectivity index (χ4n) is 3.54. The van der Waals surface area contributed by atoms with Gasteiger partial charge in [0, 0.05) is 0 Å². The number of hydrogen-bond acceptors (Lipinski definition) is 4. The van der Waals surface area contributed by atoms with E-state index >= 15 is 0 Å². The predicted molar refractivity (Wildman–Crippen MR) is 119 cm³/mol. The zero-order valence-corrected chi connectivity index (χ0v) is 18.6. The van der Waals surface area contributed by atoms with E-state index in [1.165, 1.54) is 16.7 Å². The molecule has 0 bridgehead atoms. The van der Waals surface area contributed by atoms with Gasteiger partial charge in [-0.2, -0.15) is 13.2 Å². The molecule has 6 nitrogen and oxygen atoms in total. The Hall–Kier alpha value is -3.73. The molecule has 1 heterocycles. The Morgan fingerprint density at radius 3 is 2.35 bits per heavy atom. The van der Waals surface area contributed by atoms with Crippen LogP contribution in [0, 0.1) is 19.7 Å². The fourth-order valence-corrected chi connectivity index (χ4v) is 4.70. The van der Waals surface area contributed by atoms with E-state index in [2.05, 4.69) is 9.71 Å². The fraction of sp³-hybridized carbons (Fsp3) is 0.130. The lowest BCUT2D eigenvalue weighted by Gasteiger charge is -2.15. The van der Waals surface area contributed by atoms with Gasteiger partial charge in [0.25, 0.3) is 15.6 Å². The number of halogens is 4. The van der Waals surface area contributed by atoms with Crippen molar-refractivity contribution in [1.82, 2.24) is 9.55 Å². The molecule has 11 heteroatoms. The third-order valence-electron chi connectivity index (χ3n) is 5.21. The number of benzene rings is 3. The van der Waals surface area contributed by atoms with Crippen molar-refractivity contribution in [3.05, 3.63) is 93.8 Å². The van der Waals surface area contributed by atoms with Gasteiger partial charge in [-0.3, -0.25) is 14.1 Å². The Morgan fingerprint density at radius 2 is 1.68 bits per heavy atom. The molecule has 4 aromatic rings. The summed E-state index contributed by atoms with van der Waals surface area (Å²) in [6.45, 7) is 3.23. The molecule has 0 atom stereocenters. The molecular formula is C23H17F4N3O3S. The van der Waals surface area contributed by atoms with Crippen LogP contribution in [0.2, 0.25) is 0 Å². The monoisotopic (exact) mass is 491 g/mol. The van der Waals surface area contributed by atoms with E-state index in [-0.39, 0.29) is 17.3 Å². The molecular weight excluding hydrogens is 474 g/mol. The van der Waals surface area contributed by atoms with Gasteiger partial charge in [0.1, 0.15) is 11.6 Å². The Kier molecular flexibility index (Phi) is 5.68. The van der Waals surface area contributed by atoms with E-state index in [1.54, 1.807) is 44.2 Å². The normalized spacial score (nSPS) is 12.2. The Bertz CT molecular complexity index is 1600. The van der Waals surface area contributed by atoms with Gasteiger partial charge < -0.3 is 0 Å². The van der Waals surface area contributed by atoms with E-state index in [1.807, 2.05) is 0 Å². The van der Waals surface area contributed by atoms with E-state index < -0.39 is 32.5 Å². The van der Waals surface area contributed by atoms with Gasteiger partial charge in [-0.25, -0.2) is 17.8 Å². The summed E-state index contributed by atoms with van der Waals surface area (Å²) in [4.78, 5) is 16.7. The van der Waals surface area contributed by atoms with Crippen molar-refractivity contribution in [2.24, 2.45) is 0 Å². The quantitative estimate of drug-likeness (QED) is 0.409. The summed E-state index contributed by atoms with van der Waals surface area (Å²) in [7, 11) is -4.46. The first kappa shape index (κ1) is 23.4. The molecule has 3 aromatic carbocycles. The van der Waals surface area contributed by atoms with Crippen LogP contribution in [0.25, 0.3) is 16.6 Å². The first-order valence-corrected chi connectivity index (χ1v) is 11.4. The molecule has 0 unspecified atom stereocenters. The van der Waals surface area contributed by atoms with Crippen LogP contribution in [0.5, 0.6) is 0 Å². The highest BCUT2D eigenvalue weighted by Crippen LogP contribution is 2.33. The molecule has 1 aromatic heterocycles. The van der Waals surface area contributed by atoms with Crippen LogP contribution < -0.4 is 10.3 Å². The third-order valence-corrected chi connectivity index (χ3v) is 6.57. The lowest BCUT2D eigenvalue weighted by atomic mass is 10.1. The van der Waals surface area contributed by atoms with E-state index in [4.69, 9.17) is 0 Å². The van der Waals surface area contributed by atoms with Crippen LogP contribution in [-0.4, -0.2) is 18.0 Å². The van der Waals surface area contributed by atoms with Crippen molar-refractivity contribution in [3.63, 3.8) is 0 Å². The number of rotatable bonds is 4. The summed E-state index contributed by atoms with van der Waals surface area (Å²) in [6.07, 6.45) is -5.05. The van der Waals surface area contributed by atoms with Crippen LogP contribution in [-0.2, 0) is 16.2 Å². The first-order chi connectivity index (χ1) is 15.9. The van der Waals surface area contributed by atoms with Crippen molar-refractivity contribution in [1.29, 1.82) is 0 Å². The summed E-state index contributed by atoms with van der Waals surface area (Å²) in [5, 5.41) is 0.410. The smallest absolute Gasteiger partial charge is 0.279 e. The average Bonchev–Trinajstić information content (AvgIpc) is 2.75. The number of nitrogens with zero attached hydrogens (tertiary/aromatic N) is 2. The Morgan fingerprint density at radius 1 is 0.971 bits per heavy atom. The van der Waals surface area contributed by atoms with Gasteiger partial charge in [0.2, 0.25) is 0 Å². The molecule has 0 radical (unpaired) electrons. The molecule has 4 rings (SSSR count). The van der Waals surface area contributed by atoms with Gasteiger partial charge in [0.15, 0.2) is 0 Å². The number of aromatic nitrogens is 2. The van der Waals surface area contributed by atoms with Crippen LogP contribution in [0.1, 0.15) is 17.0 Å². The van der Waals surface area contributed by atoms with Crippen molar-refractivity contribution in [2.75, 3.05) is 4.72 Å². The number of aryl methyl sites for hydroxylation is 2. The number of para-hydroxylation sites is 1. The molecule has 0 saturated carbocycles. The highest BCUT2D eigenvalue weighted by Gasteiger charge is 2.35. The highest BCUT2D eigenvalue weighted by molar-refractivity contribution is 7.92. The highest BCUT2D eigenvalue weighted by atomic mass is 32.2. The second-order valence-corrected chi connectivity index (χ2v) is 9.24. The second kappa shape index (κ2) is 8.24. The maximum Gasteiger partial charge on any atom is 0.419 e. The number of anilines is 1. The van der Waals surface area contributed by atoms with Crippen molar-refractivity contribution >= 4 is 26.6 Å². The van der Waals surface area contributed by atoms with Gasteiger partial charge in [-0.05, 0) is 67.9 Å². The second-order valence-electron chi connectivity index (χ2n) is 7.56. The van der Waals surface area contributed by atoms with E-state index in [0.29, 0.717) is 34.0 Å². The molecule has 0 spiro atoms. The SMILES string of the molecule is Cc1cc(-n2c(C)nc3ccccc3c2=O)ccc1NS(=O)(=O)c1ccc(F)c(C(F)(F)F)c1. The van der Waals surface area contributed by atoms with Gasteiger partial charge in [-0.15, -0.1) is 0 Å². The van der Waals surface area contributed by atoms with Crippen LogP contribution >= 0.6 is 0 Å². The van der Waals surface area contributed by atoms with Crippen LogP contribution in [0.3, 0.4) is 0 Å². The Labute approximate surface area is 191 Å². The summed E-state index contributed by atoms with van der Waals surface area (Å²) >= 11 is 0. The molecule has 0 amide bonds.